The Morgan fingerprint density at radius 3 is 2.83 bits per heavy atom. The van der Waals surface area contributed by atoms with E-state index in [1.165, 1.54) is 11.1 Å². The lowest BCUT2D eigenvalue weighted by Gasteiger charge is -2.40. The van der Waals surface area contributed by atoms with Crippen molar-refractivity contribution in [1.82, 2.24) is 0 Å². The minimum absolute atomic E-state index is 0.141. The molecule has 1 saturated carbocycles. The van der Waals surface area contributed by atoms with Crippen molar-refractivity contribution in [3.63, 3.8) is 0 Å². The fourth-order valence-corrected chi connectivity index (χ4v) is 6.04. The van der Waals surface area contributed by atoms with Crippen molar-refractivity contribution in [3.05, 3.63) is 35.3 Å². The first-order valence-electron chi connectivity index (χ1n) is 8.77. The van der Waals surface area contributed by atoms with Crippen LogP contribution in [-0.4, -0.2) is 31.7 Å². The number of ether oxygens (including phenoxy) is 2. The Hall–Kier alpha value is -0.843. The second kappa shape index (κ2) is 5.61. The van der Waals surface area contributed by atoms with Crippen molar-refractivity contribution >= 4 is 8.07 Å². The van der Waals surface area contributed by atoms with Crippen LogP contribution in [0.15, 0.2) is 35.3 Å². The topological polar surface area (TPSA) is 38.7 Å². The molecule has 4 heteroatoms. The standard InChI is InChI=1S/C19H30O3Si/c1-6-7-8-21-19-11-14(2)10-18(13-22-19)16(20)9-15(17(18)19)12-23(3,4)5/h7-8,10,12,16-17,20H,6,9,11,13H2,1-5H3/b8-7-,15-12-/t16-,17-,18+,19+/m1/s1. The molecule has 0 amide bonds. The van der Waals surface area contributed by atoms with Gasteiger partial charge in [-0.2, -0.15) is 0 Å². The molecule has 3 rings (SSSR count). The van der Waals surface area contributed by atoms with Gasteiger partial charge in [0.15, 0.2) is 0 Å². The molecule has 0 spiro atoms. The number of hydrogen-bond acceptors (Lipinski definition) is 3. The first-order chi connectivity index (χ1) is 10.7. The van der Waals surface area contributed by atoms with Gasteiger partial charge >= 0.3 is 0 Å². The summed E-state index contributed by atoms with van der Waals surface area (Å²) < 4.78 is 12.4. The van der Waals surface area contributed by atoms with Crippen LogP contribution in [0.1, 0.15) is 33.1 Å². The zero-order chi connectivity index (χ0) is 16.9. The third-order valence-electron chi connectivity index (χ3n) is 5.22. The van der Waals surface area contributed by atoms with Gasteiger partial charge in [-0.1, -0.05) is 49.5 Å². The highest BCUT2D eigenvalue weighted by molar-refractivity contribution is 6.81. The summed E-state index contributed by atoms with van der Waals surface area (Å²) >= 11 is 0. The molecule has 3 aliphatic rings. The van der Waals surface area contributed by atoms with Crippen LogP contribution in [0, 0.1) is 11.3 Å². The Bertz CT molecular complexity index is 572. The average molecular weight is 335 g/mol. The normalized spacial score (nSPS) is 41.5. The fraction of sp³-hybridized carbons (Fsp3) is 0.684. The summed E-state index contributed by atoms with van der Waals surface area (Å²) in [7, 11) is -1.37. The molecule has 3 nitrogen and oxygen atoms in total. The minimum atomic E-state index is -1.37. The van der Waals surface area contributed by atoms with Crippen molar-refractivity contribution in [1.29, 1.82) is 0 Å². The zero-order valence-electron chi connectivity index (χ0n) is 15.1. The van der Waals surface area contributed by atoms with Gasteiger partial charge in [0.05, 0.1) is 38.4 Å². The molecule has 1 saturated heterocycles. The Labute approximate surface area is 141 Å². The van der Waals surface area contributed by atoms with E-state index in [4.69, 9.17) is 9.47 Å². The third kappa shape index (κ3) is 2.75. The molecular formula is C19H30O3Si. The van der Waals surface area contributed by atoms with Crippen LogP contribution in [0.2, 0.25) is 19.6 Å². The Morgan fingerprint density at radius 2 is 2.17 bits per heavy atom. The third-order valence-corrected chi connectivity index (χ3v) is 6.46. The van der Waals surface area contributed by atoms with E-state index in [0.29, 0.717) is 6.61 Å². The van der Waals surface area contributed by atoms with Crippen LogP contribution in [0.3, 0.4) is 0 Å². The molecular weight excluding hydrogens is 304 g/mol. The van der Waals surface area contributed by atoms with Gasteiger partial charge in [0.2, 0.25) is 5.79 Å². The summed E-state index contributed by atoms with van der Waals surface area (Å²) in [6.45, 7) is 11.8. The molecule has 1 aliphatic heterocycles. The summed E-state index contributed by atoms with van der Waals surface area (Å²) in [5, 5.41) is 10.8. The molecule has 0 aromatic heterocycles. The van der Waals surface area contributed by atoms with E-state index in [-0.39, 0.29) is 17.4 Å². The van der Waals surface area contributed by atoms with E-state index < -0.39 is 13.9 Å². The fourth-order valence-electron chi connectivity index (χ4n) is 4.65. The highest BCUT2D eigenvalue weighted by atomic mass is 28.3. The van der Waals surface area contributed by atoms with Gasteiger partial charge in [-0.05, 0) is 25.8 Å². The SMILES string of the molecule is CC/C=C\O[C@@]12CC(C)=C[C@]3(CO1)[C@H](O)C/C(=C/[Si](C)(C)C)[C@@H]23. The smallest absolute Gasteiger partial charge is 0.220 e. The molecule has 2 aliphatic carbocycles. The van der Waals surface area contributed by atoms with E-state index in [9.17, 15) is 5.11 Å². The summed E-state index contributed by atoms with van der Waals surface area (Å²) in [5.41, 5.74) is 4.76. The second-order valence-corrected chi connectivity index (χ2v) is 13.5. The van der Waals surface area contributed by atoms with Crippen LogP contribution in [0.25, 0.3) is 0 Å². The van der Waals surface area contributed by atoms with E-state index in [0.717, 1.165) is 19.3 Å². The molecule has 1 heterocycles. The quantitative estimate of drug-likeness (QED) is 0.476. The molecule has 128 valence electrons. The van der Waals surface area contributed by atoms with Gasteiger partial charge in [0, 0.05) is 6.42 Å². The number of allylic oxidation sites excluding steroid dienone is 1. The van der Waals surface area contributed by atoms with E-state index in [1.807, 2.05) is 6.08 Å². The summed E-state index contributed by atoms with van der Waals surface area (Å²) in [6, 6.07) is 0. The van der Waals surface area contributed by atoms with Crippen molar-refractivity contribution in [2.75, 3.05) is 6.61 Å². The second-order valence-electron chi connectivity index (χ2n) is 8.52. The molecule has 23 heavy (non-hydrogen) atoms. The summed E-state index contributed by atoms with van der Waals surface area (Å²) in [5.74, 6) is -0.491. The van der Waals surface area contributed by atoms with Crippen LogP contribution in [0.5, 0.6) is 0 Å². The van der Waals surface area contributed by atoms with Gasteiger partial charge in [0.25, 0.3) is 0 Å². The lowest BCUT2D eigenvalue weighted by molar-refractivity contribution is -0.193. The van der Waals surface area contributed by atoms with E-state index >= 15 is 0 Å². The Kier molecular flexibility index (Phi) is 4.14. The highest BCUT2D eigenvalue weighted by Crippen LogP contribution is 2.63. The first-order valence-corrected chi connectivity index (χ1v) is 12.3. The Morgan fingerprint density at radius 1 is 1.43 bits per heavy atom. The maximum Gasteiger partial charge on any atom is 0.220 e. The van der Waals surface area contributed by atoms with Crippen molar-refractivity contribution in [2.24, 2.45) is 11.3 Å². The van der Waals surface area contributed by atoms with Crippen LogP contribution in [0.4, 0.5) is 0 Å². The number of rotatable bonds is 4. The molecule has 2 bridgehead atoms. The molecule has 0 aromatic carbocycles. The highest BCUT2D eigenvalue weighted by Gasteiger charge is 2.68. The van der Waals surface area contributed by atoms with Crippen molar-refractivity contribution < 1.29 is 14.6 Å². The predicted octanol–water partition coefficient (Wildman–Crippen LogP) is 4.17. The van der Waals surface area contributed by atoms with Gasteiger partial charge in [-0.3, -0.25) is 0 Å². The van der Waals surface area contributed by atoms with Gasteiger partial charge in [-0.25, -0.2) is 0 Å². The number of aliphatic hydroxyl groups excluding tert-OH is 1. The number of aliphatic hydroxyl groups is 1. The zero-order valence-corrected chi connectivity index (χ0v) is 16.1. The number of hydrogen-bond donors (Lipinski definition) is 1. The molecule has 4 atom stereocenters. The first kappa shape index (κ1) is 17.0. The molecule has 0 unspecified atom stereocenters. The monoisotopic (exact) mass is 334 g/mol. The van der Waals surface area contributed by atoms with E-state index in [2.05, 4.69) is 45.3 Å². The van der Waals surface area contributed by atoms with E-state index in [1.54, 1.807) is 6.26 Å². The van der Waals surface area contributed by atoms with Crippen molar-refractivity contribution in [2.45, 2.75) is 64.6 Å². The maximum absolute atomic E-state index is 10.8. The Balaban J connectivity index is 2.06. The van der Waals surface area contributed by atoms with Gasteiger partial charge in [0.1, 0.15) is 0 Å². The minimum Gasteiger partial charge on any atom is -0.469 e. The molecule has 0 aromatic rings. The molecule has 1 N–H and O–H groups in total. The average Bonchev–Trinajstić information content (AvgIpc) is 2.80. The lowest BCUT2D eigenvalue weighted by Crippen LogP contribution is -2.45. The lowest BCUT2D eigenvalue weighted by atomic mass is 9.68. The van der Waals surface area contributed by atoms with Crippen molar-refractivity contribution in [3.8, 4) is 0 Å². The van der Waals surface area contributed by atoms with Crippen LogP contribution < -0.4 is 0 Å². The predicted molar refractivity (Wildman–Crippen MR) is 95.5 cm³/mol. The maximum atomic E-state index is 10.8. The van der Waals surface area contributed by atoms with Gasteiger partial charge < -0.3 is 14.6 Å². The largest absolute Gasteiger partial charge is 0.469 e. The molecule has 0 radical (unpaired) electrons. The summed E-state index contributed by atoms with van der Waals surface area (Å²) in [6.07, 6.45) is 8.20. The van der Waals surface area contributed by atoms with Crippen LogP contribution in [-0.2, 0) is 9.47 Å². The van der Waals surface area contributed by atoms with Gasteiger partial charge in [-0.15, -0.1) is 0 Å². The summed E-state index contributed by atoms with van der Waals surface area (Å²) in [4.78, 5) is 0. The molecule has 2 fully saturated rings. The van der Waals surface area contributed by atoms with Crippen LogP contribution >= 0.6 is 0 Å².